The standard InChI is InChI=1S/C19H18F2N4/c1-13-12-17(15-2-3-16(20)18(21)19(15)23-13)25-10-8-24(9-11-25)14-4-6-22-7-5-14/h2-7,12H,8-11H2,1H3. The maximum atomic E-state index is 14.1. The molecule has 128 valence electrons. The van der Waals surface area contributed by atoms with Crippen molar-refractivity contribution >= 4 is 22.3 Å². The Morgan fingerprint density at radius 1 is 0.920 bits per heavy atom. The van der Waals surface area contributed by atoms with Crippen molar-refractivity contribution in [3.63, 3.8) is 0 Å². The Kier molecular flexibility index (Phi) is 3.95. The molecule has 0 amide bonds. The van der Waals surface area contributed by atoms with Crippen LogP contribution in [0.1, 0.15) is 5.69 Å². The van der Waals surface area contributed by atoms with Gasteiger partial charge in [0.2, 0.25) is 0 Å². The predicted octanol–water partition coefficient (Wildman–Crippen LogP) is 3.54. The fourth-order valence-electron chi connectivity index (χ4n) is 3.36. The first kappa shape index (κ1) is 15.7. The molecule has 1 aromatic carbocycles. The van der Waals surface area contributed by atoms with Crippen molar-refractivity contribution in [1.29, 1.82) is 0 Å². The first-order chi connectivity index (χ1) is 12.1. The second kappa shape index (κ2) is 6.27. The first-order valence-corrected chi connectivity index (χ1v) is 8.29. The number of fused-ring (bicyclic) bond motifs is 1. The fraction of sp³-hybridized carbons (Fsp3) is 0.263. The van der Waals surface area contributed by atoms with Crippen molar-refractivity contribution in [2.75, 3.05) is 36.0 Å². The molecule has 0 spiro atoms. The maximum absolute atomic E-state index is 14.1. The summed E-state index contributed by atoms with van der Waals surface area (Å²) in [7, 11) is 0. The molecule has 3 aromatic rings. The van der Waals surface area contributed by atoms with Gasteiger partial charge >= 0.3 is 0 Å². The topological polar surface area (TPSA) is 32.3 Å². The molecule has 0 radical (unpaired) electrons. The van der Waals surface area contributed by atoms with Crippen LogP contribution in [0.15, 0.2) is 42.7 Å². The number of aromatic nitrogens is 2. The van der Waals surface area contributed by atoms with Gasteiger partial charge in [-0.15, -0.1) is 0 Å². The van der Waals surface area contributed by atoms with Crippen LogP contribution in [-0.4, -0.2) is 36.1 Å². The number of halogens is 2. The van der Waals surface area contributed by atoms with Crippen molar-refractivity contribution in [3.05, 3.63) is 60.1 Å². The predicted molar refractivity (Wildman–Crippen MR) is 95.1 cm³/mol. The van der Waals surface area contributed by atoms with Crippen LogP contribution in [0.25, 0.3) is 10.9 Å². The highest BCUT2D eigenvalue weighted by Crippen LogP contribution is 2.30. The van der Waals surface area contributed by atoms with E-state index in [0.29, 0.717) is 11.1 Å². The average molecular weight is 340 g/mol. The average Bonchev–Trinajstić information content (AvgIpc) is 2.65. The lowest BCUT2D eigenvalue weighted by molar-refractivity contribution is 0.515. The van der Waals surface area contributed by atoms with E-state index in [-0.39, 0.29) is 5.52 Å². The third-order valence-corrected chi connectivity index (χ3v) is 4.63. The molecule has 4 rings (SSSR count). The molecule has 1 aliphatic heterocycles. The number of aryl methyl sites for hydroxylation is 1. The van der Waals surface area contributed by atoms with E-state index in [1.165, 1.54) is 6.07 Å². The number of benzene rings is 1. The van der Waals surface area contributed by atoms with Gasteiger partial charge in [0.05, 0.1) is 0 Å². The Bertz CT molecular complexity index is 906. The summed E-state index contributed by atoms with van der Waals surface area (Å²) in [5.74, 6) is -1.74. The number of rotatable bonds is 2. The lowest BCUT2D eigenvalue weighted by atomic mass is 10.1. The molecule has 0 N–H and O–H groups in total. The first-order valence-electron chi connectivity index (χ1n) is 8.29. The summed E-state index contributed by atoms with van der Waals surface area (Å²) in [6, 6.07) is 8.73. The molecular formula is C19H18F2N4. The van der Waals surface area contributed by atoms with Gasteiger partial charge in [0.15, 0.2) is 11.6 Å². The zero-order valence-corrected chi connectivity index (χ0v) is 13.9. The highest BCUT2D eigenvalue weighted by atomic mass is 19.2. The molecule has 0 atom stereocenters. The molecule has 0 unspecified atom stereocenters. The SMILES string of the molecule is Cc1cc(N2CCN(c3ccncc3)CC2)c2ccc(F)c(F)c2n1. The lowest BCUT2D eigenvalue weighted by Gasteiger charge is -2.37. The van der Waals surface area contributed by atoms with Crippen molar-refractivity contribution in [2.24, 2.45) is 0 Å². The Hall–Kier alpha value is -2.76. The molecule has 2 aromatic heterocycles. The van der Waals surface area contributed by atoms with Crippen molar-refractivity contribution in [3.8, 4) is 0 Å². The molecule has 4 nitrogen and oxygen atoms in total. The molecule has 0 saturated carbocycles. The monoisotopic (exact) mass is 340 g/mol. The van der Waals surface area contributed by atoms with E-state index in [4.69, 9.17) is 0 Å². The van der Waals surface area contributed by atoms with Gasteiger partial charge in [-0.1, -0.05) is 0 Å². The van der Waals surface area contributed by atoms with Crippen LogP contribution in [0.5, 0.6) is 0 Å². The van der Waals surface area contributed by atoms with E-state index < -0.39 is 11.6 Å². The fourth-order valence-corrected chi connectivity index (χ4v) is 3.36. The Balaban J connectivity index is 1.64. The molecular weight excluding hydrogens is 322 g/mol. The van der Waals surface area contributed by atoms with Crippen LogP contribution >= 0.6 is 0 Å². The summed E-state index contributed by atoms with van der Waals surface area (Å²) in [6.45, 7) is 5.13. The third kappa shape index (κ3) is 2.88. The summed E-state index contributed by atoms with van der Waals surface area (Å²) in [4.78, 5) is 12.8. The van der Waals surface area contributed by atoms with Gasteiger partial charge in [-0.25, -0.2) is 13.8 Å². The summed E-state index contributed by atoms with van der Waals surface area (Å²) >= 11 is 0. The molecule has 25 heavy (non-hydrogen) atoms. The van der Waals surface area contributed by atoms with Crippen molar-refractivity contribution in [2.45, 2.75) is 6.92 Å². The molecule has 0 aliphatic carbocycles. The van der Waals surface area contributed by atoms with Gasteiger partial charge in [0, 0.05) is 61.0 Å². The van der Waals surface area contributed by atoms with Gasteiger partial charge in [0.25, 0.3) is 0 Å². The minimum Gasteiger partial charge on any atom is -0.368 e. The van der Waals surface area contributed by atoms with Crippen molar-refractivity contribution in [1.82, 2.24) is 9.97 Å². The lowest BCUT2D eigenvalue weighted by Crippen LogP contribution is -2.46. The molecule has 1 fully saturated rings. The summed E-state index contributed by atoms with van der Waals surface area (Å²) < 4.78 is 27.7. The molecule has 1 aliphatic rings. The van der Waals surface area contributed by atoms with Gasteiger partial charge in [-0.3, -0.25) is 4.98 Å². The van der Waals surface area contributed by atoms with Gasteiger partial charge < -0.3 is 9.80 Å². The third-order valence-electron chi connectivity index (χ3n) is 4.63. The number of hydrogen-bond acceptors (Lipinski definition) is 4. The zero-order valence-electron chi connectivity index (χ0n) is 13.9. The summed E-state index contributed by atoms with van der Waals surface area (Å²) in [6.07, 6.45) is 3.58. The smallest absolute Gasteiger partial charge is 0.185 e. The summed E-state index contributed by atoms with van der Waals surface area (Å²) in [5.41, 5.74) is 2.85. The number of piperazine rings is 1. The Morgan fingerprint density at radius 2 is 1.60 bits per heavy atom. The molecule has 3 heterocycles. The van der Waals surface area contributed by atoms with E-state index in [1.807, 2.05) is 18.2 Å². The van der Waals surface area contributed by atoms with Gasteiger partial charge in [-0.05, 0) is 37.3 Å². The van der Waals surface area contributed by atoms with Gasteiger partial charge in [-0.2, -0.15) is 0 Å². The number of nitrogens with zero attached hydrogens (tertiary/aromatic N) is 4. The van der Waals surface area contributed by atoms with E-state index in [2.05, 4.69) is 19.8 Å². The van der Waals surface area contributed by atoms with Crippen molar-refractivity contribution < 1.29 is 8.78 Å². The minimum atomic E-state index is -0.877. The van der Waals surface area contributed by atoms with E-state index in [0.717, 1.165) is 37.6 Å². The highest BCUT2D eigenvalue weighted by Gasteiger charge is 2.21. The minimum absolute atomic E-state index is 0.103. The van der Waals surface area contributed by atoms with Crippen LogP contribution in [0, 0.1) is 18.6 Å². The van der Waals surface area contributed by atoms with Crippen LogP contribution in [-0.2, 0) is 0 Å². The molecule has 6 heteroatoms. The quantitative estimate of drug-likeness (QED) is 0.714. The van der Waals surface area contributed by atoms with Crippen LogP contribution in [0.3, 0.4) is 0 Å². The second-order valence-electron chi connectivity index (χ2n) is 6.22. The largest absolute Gasteiger partial charge is 0.368 e. The molecule has 1 saturated heterocycles. The van der Waals surface area contributed by atoms with Crippen LogP contribution < -0.4 is 9.80 Å². The second-order valence-corrected chi connectivity index (χ2v) is 6.22. The Morgan fingerprint density at radius 3 is 2.32 bits per heavy atom. The van der Waals surface area contributed by atoms with E-state index >= 15 is 0 Å². The van der Waals surface area contributed by atoms with Gasteiger partial charge in [0.1, 0.15) is 5.52 Å². The molecule has 0 bridgehead atoms. The number of pyridine rings is 2. The zero-order chi connectivity index (χ0) is 17.4. The maximum Gasteiger partial charge on any atom is 0.185 e. The highest BCUT2D eigenvalue weighted by molar-refractivity contribution is 5.92. The van der Waals surface area contributed by atoms with E-state index in [9.17, 15) is 8.78 Å². The normalized spacial score (nSPS) is 15.0. The van der Waals surface area contributed by atoms with E-state index in [1.54, 1.807) is 25.4 Å². The number of anilines is 2. The van der Waals surface area contributed by atoms with Crippen LogP contribution in [0.4, 0.5) is 20.2 Å². The van der Waals surface area contributed by atoms with Crippen LogP contribution in [0.2, 0.25) is 0 Å². The summed E-state index contributed by atoms with van der Waals surface area (Å²) in [5, 5.41) is 0.655. The Labute approximate surface area is 144 Å². The number of hydrogen-bond donors (Lipinski definition) is 0.